The van der Waals surface area contributed by atoms with Crippen LogP contribution in [0.1, 0.15) is 61.5 Å². The third kappa shape index (κ3) is 10.4. The number of primary amides is 1. The van der Waals surface area contributed by atoms with Crippen molar-refractivity contribution in [3.8, 4) is 5.75 Å². The SMILES string of the molecule is C=Cc1ccc(C(=O)O)c(CC[C@@H](CCC(=O)OC(C)(C)C)C(N)=O)c1OCCOCCOC. The average Bonchev–Trinajstić information content (AvgIpc) is 2.74. The standard InChI is InChI=1S/C25H37NO8/c1-6-17-7-11-20(24(29)30)19(22(17)33-16-15-32-14-13-31-5)10-8-18(23(26)28)9-12-21(27)34-25(2,3)4/h6-7,11,18H,1,8-10,12-16H2,2-5H3,(H2,26,28)(H,29,30)/t18-/m0/s1. The first kappa shape index (κ1) is 29.1. The van der Waals surface area contributed by atoms with E-state index in [0.29, 0.717) is 30.1 Å². The Kier molecular flexibility index (Phi) is 12.3. The zero-order chi connectivity index (χ0) is 25.7. The van der Waals surface area contributed by atoms with E-state index in [1.165, 1.54) is 6.07 Å². The topological polar surface area (TPSA) is 134 Å². The van der Waals surface area contributed by atoms with Gasteiger partial charge in [0.25, 0.3) is 0 Å². The molecule has 1 amide bonds. The number of carbonyl (C=O) groups excluding carboxylic acids is 2. The van der Waals surface area contributed by atoms with Gasteiger partial charge in [-0.15, -0.1) is 0 Å². The van der Waals surface area contributed by atoms with Crippen molar-refractivity contribution in [2.45, 2.75) is 52.1 Å². The molecule has 1 rings (SSSR count). The number of benzene rings is 1. The molecule has 0 saturated heterocycles. The number of nitrogens with two attached hydrogens (primary N) is 1. The maximum atomic E-state index is 12.1. The fraction of sp³-hybridized carbons (Fsp3) is 0.560. The van der Waals surface area contributed by atoms with Crippen molar-refractivity contribution in [1.29, 1.82) is 0 Å². The summed E-state index contributed by atoms with van der Waals surface area (Å²) in [6.07, 6.45) is 2.28. The van der Waals surface area contributed by atoms with Crippen LogP contribution >= 0.6 is 0 Å². The van der Waals surface area contributed by atoms with Crippen LogP contribution in [0.4, 0.5) is 0 Å². The Morgan fingerprint density at radius 1 is 1.12 bits per heavy atom. The highest BCUT2D eigenvalue weighted by atomic mass is 16.6. The van der Waals surface area contributed by atoms with Crippen LogP contribution in [-0.2, 0) is 30.2 Å². The van der Waals surface area contributed by atoms with Crippen molar-refractivity contribution in [3.05, 3.63) is 35.4 Å². The van der Waals surface area contributed by atoms with E-state index in [1.54, 1.807) is 40.0 Å². The molecule has 0 aromatic heterocycles. The van der Waals surface area contributed by atoms with Crippen LogP contribution in [0.2, 0.25) is 0 Å². The smallest absolute Gasteiger partial charge is 0.336 e. The maximum absolute atomic E-state index is 12.1. The van der Waals surface area contributed by atoms with Gasteiger partial charge in [0.2, 0.25) is 5.91 Å². The van der Waals surface area contributed by atoms with Crippen molar-refractivity contribution in [2.75, 3.05) is 33.5 Å². The number of carboxylic acid groups (broad SMARTS) is 1. The number of aromatic carboxylic acids is 1. The molecule has 0 spiro atoms. The monoisotopic (exact) mass is 479 g/mol. The van der Waals surface area contributed by atoms with E-state index >= 15 is 0 Å². The summed E-state index contributed by atoms with van der Waals surface area (Å²) in [4.78, 5) is 35.9. The van der Waals surface area contributed by atoms with Gasteiger partial charge in [-0.25, -0.2) is 4.79 Å². The molecule has 0 aliphatic rings. The number of methoxy groups -OCH3 is 1. The molecule has 0 aliphatic heterocycles. The van der Waals surface area contributed by atoms with Crippen LogP contribution in [0.25, 0.3) is 6.08 Å². The maximum Gasteiger partial charge on any atom is 0.336 e. The molecule has 9 nitrogen and oxygen atoms in total. The molecule has 1 aromatic rings. The summed E-state index contributed by atoms with van der Waals surface area (Å²) in [6, 6.07) is 3.10. The first-order valence-electron chi connectivity index (χ1n) is 11.2. The Morgan fingerprint density at radius 3 is 2.35 bits per heavy atom. The highest BCUT2D eigenvalue weighted by Gasteiger charge is 2.24. The van der Waals surface area contributed by atoms with Gasteiger partial charge in [-0.2, -0.15) is 0 Å². The predicted octanol–water partition coefficient (Wildman–Crippen LogP) is 3.23. The van der Waals surface area contributed by atoms with Crippen molar-refractivity contribution in [2.24, 2.45) is 11.7 Å². The van der Waals surface area contributed by atoms with Crippen molar-refractivity contribution < 1.29 is 38.4 Å². The Labute approximate surface area is 201 Å². The molecule has 1 atom stereocenters. The molecular formula is C25H37NO8. The Balaban J connectivity index is 2.99. The number of carbonyl (C=O) groups is 3. The molecule has 3 N–H and O–H groups in total. The summed E-state index contributed by atoms with van der Waals surface area (Å²) in [5, 5.41) is 9.71. The van der Waals surface area contributed by atoms with Crippen LogP contribution in [0, 0.1) is 5.92 Å². The Morgan fingerprint density at radius 2 is 1.79 bits per heavy atom. The van der Waals surface area contributed by atoms with E-state index in [2.05, 4.69) is 6.58 Å². The minimum Gasteiger partial charge on any atom is -0.490 e. The molecule has 0 radical (unpaired) electrons. The number of amides is 1. The zero-order valence-corrected chi connectivity index (χ0v) is 20.6. The van der Waals surface area contributed by atoms with Crippen LogP contribution in [0.5, 0.6) is 5.75 Å². The molecule has 0 saturated carbocycles. The number of rotatable bonds is 16. The summed E-state index contributed by atoms with van der Waals surface area (Å²) >= 11 is 0. The minimum atomic E-state index is -1.11. The first-order valence-corrected chi connectivity index (χ1v) is 11.2. The van der Waals surface area contributed by atoms with E-state index in [-0.39, 0.29) is 44.5 Å². The van der Waals surface area contributed by atoms with Crippen LogP contribution in [-0.4, -0.2) is 62.1 Å². The lowest BCUT2D eigenvalue weighted by Crippen LogP contribution is -2.27. The second-order valence-corrected chi connectivity index (χ2v) is 8.74. The van der Waals surface area contributed by atoms with E-state index in [4.69, 9.17) is 24.7 Å². The van der Waals surface area contributed by atoms with Crippen molar-refractivity contribution >= 4 is 23.9 Å². The number of hydrogen-bond donors (Lipinski definition) is 2. The van der Waals surface area contributed by atoms with Gasteiger partial charge >= 0.3 is 11.9 Å². The van der Waals surface area contributed by atoms with E-state index < -0.39 is 29.4 Å². The van der Waals surface area contributed by atoms with Gasteiger partial charge in [0.15, 0.2) is 0 Å². The molecule has 0 fully saturated rings. The van der Waals surface area contributed by atoms with Crippen LogP contribution < -0.4 is 10.5 Å². The average molecular weight is 480 g/mol. The van der Waals surface area contributed by atoms with Gasteiger partial charge in [-0.05, 0) is 46.1 Å². The molecule has 190 valence electrons. The summed E-state index contributed by atoms with van der Waals surface area (Å²) in [5.74, 6) is -2.35. The van der Waals surface area contributed by atoms with Crippen LogP contribution in [0.15, 0.2) is 18.7 Å². The van der Waals surface area contributed by atoms with Gasteiger partial charge in [0, 0.05) is 30.6 Å². The van der Waals surface area contributed by atoms with Gasteiger partial charge in [-0.3, -0.25) is 9.59 Å². The van der Waals surface area contributed by atoms with Gasteiger partial charge in [0.1, 0.15) is 18.0 Å². The Bertz CT molecular complexity index is 844. The van der Waals surface area contributed by atoms with Crippen molar-refractivity contribution in [3.63, 3.8) is 0 Å². The third-order valence-corrected chi connectivity index (χ3v) is 4.91. The fourth-order valence-corrected chi connectivity index (χ4v) is 3.30. The highest BCUT2D eigenvalue weighted by Crippen LogP contribution is 2.31. The largest absolute Gasteiger partial charge is 0.490 e. The fourth-order valence-electron chi connectivity index (χ4n) is 3.30. The quantitative estimate of drug-likeness (QED) is 0.273. The molecule has 0 bridgehead atoms. The second kappa shape index (κ2) is 14.4. The molecule has 0 heterocycles. The normalized spacial score (nSPS) is 12.1. The van der Waals surface area contributed by atoms with Crippen LogP contribution in [0.3, 0.4) is 0 Å². The molecule has 0 aliphatic carbocycles. The lowest BCUT2D eigenvalue weighted by Gasteiger charge is -2.21. The van der Waals surface area contributed by atoms with E-state index in [0.717, 1.165) is 0 Å². The molecule has 34 heavy (non-hydrogen) atoms. The summed E-state index contributed by atoms with van der Waals surface area (Å²) < 4.78 is 21.5. The summed E-state index contributed by atoms with van der Waals surface area (Å²) in [6.45, 7) is 10.4. The van der Waals surface area contributed by atoms with E-state index in [9.17, 15) is 19.5 Å². The van der Waals surface area contributed by atoms with Gasteiger partial charge in [-0.1, -0.05) is 18.7 Å². The summed E-state index contributed by atoms with van der Waals surface area (Å²) in [7, 11) is 1.58. The van der Waals surface area contributed by atoms with Crippen molar-refractivity contribution in [1.82, 2.24) is 0 Å². The van der Waals surface area contributed by atoms with E-state index in [1.807, 2.05) is 0 Å². The second-order valence-electron chi connectivity index (χ2n) is 8.74. The molecule has 0 unspecified atom stereocenters. The lowest BCUT2D eigenvalue weighted by molar-refractivity contribution is -0.155. The van der Waals surface area contributed by atoms with Gasteiger partial charge in [0.05, 0.1) is 25.4 Å². The number of ether oxygens (including phenoxy) is 4. The van der Waals surface area contributed by atoms with Gasteiger partial charge < -0.3 is 29.8 Å². The first-order chi connectivity index (χ1) is 16.0. The summed E-state index contributed by atoms with van der Waals surface area (Å²) in [5.41, 5.74) is 6.07. The third-order valence-electron chi connectivity index (χ3n) is 4.91. The number of carboxylic acids is 1. The number of esters is 1. The number of hydrogen-bond acceptors (Lipinski definition) is 7. The molecule has 1 aromatic carbocycles. The molecular weight excluding hydrogens is 442 g/mol. The minimum absolute atomic E-state index is 0.0333. The Hall–Kier alpha value is -2.91. The highest BCUT2D eigenvalue weighted by molar-refractivity contribution is 5.91. The molecule has 9 heteroatoms. The zero-order valence-electron chi connectivity index (χ0n) is 20.6. The lowest BCUT2D eigenvalue weighted by atomic mass is 9.91. The predicted molar refractivity (Wildman–Crippen MR) is 128 cm³/mol.